The first-order valence-electron chi connectivity index (χ1n) is 15.7. The number of carboxylic acid groups (broad SMARTS) is 1. The lowest BCUT2D eigenvalue weighted by Crippen LogP contribution is -2.27. The van der Waals surface area contributed by atoms with Crippen molar-refractivity contribution in [2.75, 3.05) is 32.0 Å². The normalized spacial score (nSPS) is 16.9. The average Bonchev–Trinajstić information content (AvgIpc) is 3.76. The number of hydrogen-bond acceptors (Lipinski definition) is 8. The van der Waals surface area contributed by atoms with E-state index in [0.717, 1.165) is 70.8 Å². The van der Waals surface area contributed by atoms with Crippen LogP contribution in [0.25, 0.3) is 33.7 Å². The van der Waals surface area contributed by atoms with Crippen LogP contribution in [0, 0.1) is 19.8 Å². The van der Waals surface area contributed by atoms with Crippen LogP contribution in [0.2, 0.25) is 5.02 Å². The number of likely N-dealkylation sites (N-methyl/N-ethyl adjacent to an activating group) is 1. The fraction of sp³-hybridized carbons (Fsp3) is 0.343. The quantitative estimate of drug-likeness (QED) is 0.227. The second kappa shape index (κ2) is 12.2. The van der Waals surface area contributed by atoms with Crippen LogP contribution in [0.4, 0.5) is 5.69 Å². The SMILES string of the molecule is Cc1c(NC(=O)c2nc3c(n2C)CCN(C)C3)cncc1-c1cccc(-c2nc3cc(CN4CCC(C(=O)O)C4)cc(Cl)c3o2)c1C. The number of aromatic nitrogens is 4. The number of pyridine rings is 1. The fourth-order valence-electron chi connectivity index (χ4n) is 6.81. The predicted octanol–water partition coefficient (Wildman–Crippen LogP) is 5.71. The Morgan fingerprint density at radius 1 is 1.06 bits per heavy atom. The number of fused-ring (bicyclic) bond motifs is 2. The van der Waals surface area contributed by atoms with E-state index >= 15 is 0 Å². The average molecular weight is 654 g/mol. The highest BCUT2D eigenvalue weighted by Gasteiger charge is 2.28. The Bertz CT molecular complexity index is 2050. The number of oxazole rings is 1. The van der Waals surface area contributed by atoms with Gasteiger partial charge in [-0.15, -0.1) is 0 Å². The molecule has 0 aliphatic carbocycles. The summed E-state index contributed by atoms with van der Waals surface area (Å²) in [5, 5.41) is 12.9. The molecule has 3 aromatic heterocycles. The number of carbonyl (C=O) groups is 2. The molecule has 1 fully saturated rings. The number of carbonyl (C=O) groups excluding carboxylic acids is 1. The molecule has 12 heteroatoms. The van der Waals surface area contributed by atoms with Crippen molar-refractivity contribution in [3.05, 3.63) is 81.7 Å². The second-order valence-electron chi connectivity index (χ2n) is 12.7. The van der Waals surface area contributed by atoms with E-state index in [4.69, 9.17) is 21.0 Å². The Kier molecular flexibility index (Phi) is 8.07. The van der Waals surface area contributed by atoms with Crippen molar-refractivity contribution in [1.82, 2.24) is 29.3 Å². The first-order valence-corrected chi connectivity index (χ1v) is 16.1. The molecule has 2 aromatic carbocycles. The van der Waals surface area contributed by atoms with E-state index in [0.29, 0.717) is 53.0 Å². The zero-order valence-corrected chi connectivity index (χ0v) is 27.6. The summed E-state index contributed by atoms with van der Waals surface area (Å²) in [5.41, 5.74) is 9.22. The largest absolute Gasteiger partial charge is 0.481 e. The number of nitrogens with zero attached hydrogens (tertiary/aromatic N) is 6. The Morgan fingerprint density at radius 3 is 2.66 bits per heavy atom. The molecule has 2 aliphatic rings. The number of benzene rings is 2. The van der Waals surface area contributed by atoms with Crippen LogP contribution in [0.5, 0.6) is 0 Å². The monoisotopic (exact) mass is 653 g/mol. The highest BCUT2D eigenvalue weighted by Crippen LogP contribution is 2.37. The molecule has 0 spiro atoms. The molecular weight excluding hydrogens is 618 g/mol. The highest BCUT2D eigenvalue weighted by atomic mass is 35.5. The van der Waals surface area contributed by atoms with E-state index in [1.54, 1.807) is 12.4 Å². The minimum atomic E-state index is -0.752. The second-order valence-corrected chi connectivity index (χ2v) is 13.1. The molecule has 1 unspecified atom stereocenters. The van der Waals surface area contributed by atoms with Crippen molar-refractivity contribution in [1.29, 1.82) is 0 Å². The van der Waals surface area contributed by atoms with Crippen molar-refractivity contribution in [2.24, 2.45) is 13.0 Å². The minimum absolute atomic E-state index is 0.272. The van der Waals surface area contributed by atoms with Crippen LogP contribution in [-0.2, 0) is 31.4 Å². The van der Waals surface area contributed by atoms with Gasteiger partial charge in [-0.05, 0) is 74.3 Å². The Labute approximate surface area is 277 Å². The lowest BCUT2D eigenvalue weighted by atomic mass is 9.94. The molecule has 0 radical (unpaired) electrons. The number of anilines is 1. The van der Waals surface area contributed by atoms with E-state index in [1.807, 2.05) is 55.8 Å². The minimum Gasteiger partial charge on any atom is -0.481 e. The molecule has 47 heavy (non-hydrogen) atoms. The van der Waals surface area contributed by atoms with Crippen molar-refractivity contribution in [2.45, 2.75) is 39.8 Å². The molecule has 2 N–H and O–H groups in total. The standard InChI is InChI=1S/C35H36ClN7O4/c1-19-23(25-14-37-15-28(20(25)2)39-33(44)32-38-29-18-41(3)10-9-30(29)42(32)4)6-5-7-24(19)34-40-27-13-21(12-26(36)31(27)47-34)16-43-11-8-22(17-43)35(45)46/h5-7,12-15,22H,8-11,16-18H2,1-4H3,(H,39,44)(H,45,46). The van der Waals surface area contributed by atoms with Gasteiger partial charge in [-0.25, -0.2) is 9.97 Å². The molecule has 1 atom stereocenters. The number of rotatable bonds is 7. The third-order valence-electron chi connectivity index (χ3n) is 9.50. The number of hydrogen-bond donors (Lipinski definition) is 2. The van der Waals surface area contributed by atoms with Crippen LogP contribution < -0.4 is 5.32 Å². The first kappa shape index (κ1) is 31.0. The van der Waals surface area contributed by atoms with Gasteiger partial charge in [0.1, 0.15) is 5.52 Å². The van der Waals surface area contributed by atoms with E-state index in [1.165, 1.54) is 0 Å². The van der Waals surface area contributed by atoms with Gasteiger partial charge in [0, 0.05) is 62.7 Å². The summed E-state index contributed by atoms with van der Waals surface area (Å²) in [5.74, 6) is -0.530. The summed E-state index contributed by atoms with van der Waals surface area (Å²) in [6, 6.07) is 9.75. The maximum Gasteiger partial charge on any atom is 0.307 e. The van der Waals surface area contributed by atoms with Crippen LogP contribution in [-0.4, -0.2) is 73.0 Å². The molecule has 7 rings (SSSR count). The number of amides is 1. The summed E-state index contributed by atoms with van der Waals surface area (Å²) in [6.07, 6.45) is 4.96. The van der Waals surface area contributed by atoms with Gasteiger partial charge in [-0.1, -0.05) is 23.7 Å². The number of likely N-dealkylation sites (tertiary alicyclic amines) is 1. The van der Waals surface area contributed by atoms with Crippen LogP contribution in [0.3, 0.4) is 0 Å². The number of halogens is 1. The first-order chi connectivity index (χ1) is 22.6. The number of nitrogens with one attached hydrogen (secondary N) is 1. The van der Waals surface area contributed by atoms with Gasteiger partial charge in [0.2, 0.25) is 5.89 Å². The van der Waals surface area contributed by atoms with Crippen molar-refractivity contribution < 1.29 is 19.1 Å². The van der Waals surface area contributed by atoms with E-state index in [9.17, 15) is 14.7 Å². The molecule has 1 saturated heterocycles. The summed E-state index contributed by atoms with van der Waals surface area (Å²) >= 11 is 6.67. The summed E-state index contributed by atoms with van der Waals surface area (Å²) in [4.78, 5) is 43.1. The van der Waals surface area contributed by atoms with Gasteiger partial charge >= 0.3 is 5.97 Å². The lowest BCUT2D eigenvalue weighted by molar-refractivity contribution is -0.141. The molecule has 5 heterocycles. The molecular formula is C35H36ClN7O4. The Balaban J connectivity index is 1.15. The predicted molar refractivity (Wildman–Crippen MR) is 179 cm³/mol. The van der Waals surface area contributed by atoms with Gasteiger partial charge < -0.3 is 24.3 Å². The summed E-state index contributed by atoms with van der Waals surface area (Å²) in [7, 11) is 3.95. The third-order valence-corrected chi connectivity index (χ3v) is 9.78. The van der Waals surface area contributed by atoms with Gasteiger partial charge in [0.05, 0.1) is 28.5 Å². The van der Waals surface area contributed by atoms with Crippen molar-refractivity contribution >= 4 is 40.3 Å². The topological polar surface area (TPSA) is 130 Å². The summed E-state index contributed by atoms with van der Waals surface area (Å²) < 4.78 is 8.12. The van der Waals surface area contributed by atoms with E-state index < -0.39 is 5.97 Å². The fourth-order valence-corrected chi connectivity index (χ4v) is 7.09. The maximum absolute atomic E-state index is 13.4. The van der Waals surface area contributed by atoms with Gasteiger partial charge in [-0.2, -0.15) is 0 Å². The van der Waals surface area contributed by atoms with Gasteiger partial charge in [0.15, 0.2) is 11.4 Å². The summed E-state index contributed by atoms with van der Waals surface area (Å²) in [6.45, 7) is 7.48. The highest BCUT2D eigenvalue weighted by molar-refractivity contribution is 6.34. The smallest absolute Gasteiger partial charge is 0.307 e. The molecule has 0 saturated carbocycles. The van der Waals surface area contributed by atoms with E-state index in [-0.39, 0.29) is 11.8 Å². The number of imidazole rings is 1. The zero-order chi connectivity index (χ0) is 33.0. The van der Waals surface area contributed by atoms with Gasteiger partial charge in [0.25, 0.3) is 5.91 Å². The van der Waals surface area contributed by atoms with Crippen molar-refractivity contribution in [3.8, 4) is 22.6 Å². The molecule has 0 bridgehead atoms. The number of carboxylic acids is 1. The Morgan fingerprint density at radius 2 is 1.87 bits per heavy atom. The molecule has 2 aliphatic heterocycles. The molecule has 1 amide bonds. The zero-order valence-electron chi connectivity index (χ0n) is 26.8. The van der Waals surface area contributed by atoms with Crippen molar-refractivity contribution in [3.63, 3.8) is 0 Å². The lowest BCUT2D eigenvalue weighted by Gasteiger charge is -2.21. The molecule has 5 aromatic rings. The maximum atomic E-state index is 13.4. The molecule has 11 nitrogen and oxygen atoms in total. The van der Waals surface area contributed by atoms with Crippen LogP contribution in [0.15, 0.2) is 47.1 Å². The number of aliphatic carboxylic acids is 1. The van der Waals surface area contributed by atoms with Crippen LogP contribution >= 0.6 is 11.6 Å². The molecule has 242 valence electrons. The Hall–Kier alpha value is -4.58. The third kappa shape index (κ3) is 5.79. The van der Waals surface area contributed by atoms with Gasteiger partial charge in [-0.3, -0.25) is 19.5 Å². The van der Waals surface area contributed by atoms with E-state index in [2.05, 4.69) is 32.1 Å². The van der Waals surface area contributed by atoms with Crippen LogP contribution in [0.1, 0.15) is 45.1 Å².